The SMILES string of the molecule is CC(CCC(=O)O)NC(=O)C(C)c1cc2ccccc2o1. The van der Waals surface area contributed by atoms with E-state index in [9.17, 15) is 9.59 Å². The zero-order chi connectivity index (χ0) is 15.4. The van der Waals surface area contributed by atoms with E-state index in [-0.39, 0.29) is 18.4 Å². The van der Waals surface area contributed by atoms with Crippen LogP contribution >= 0.6 is 0 Å². The molecule has 0 saturated heterocycles. The Morgan fingerprint density at radius 1 is 1.29 bits per heavy atom. The summed E-state index contributed by atoms with van der Waals surface area (Å²) >= 11 is 0. The van der Waals surface area contributed by atoms with Gasteiger partial charge in [-0.15, -0.1) is 0 Å². The van der Waals surface area contributed by atoms with Crippen molar-refractivity contribution in [2.24, 2.45) is 0 Å². The second-order valence-corrected chi connectivity index (χ2v) is 5.25. The second kappa shape index (κ2) is 6.43. The predicted octanol–water partition coefficient (Wildman–Crippen LogP) is 2.91. The van der Waals surface area contributed by atoms with E-state index >= 15 is 0 Å². The van der Waals surface area contributed by atoms with Crippen LogP contribution < -0.4 is 5.32 Å². The minimum Gasteiger partial charge on any atom is -0.481 e. The molecule has 0 aliphatic carbocycles. The molecule has 112 valence electrons. The van der Waals surface area contributed by atoms with Gasteiger partial charge in [0, 0.05) is 17.8 Å². The van der Waals surface area contributed by atoms with Gasteiger partial charge in [-0.3, -0.25) is 9.59 Å². The number of aliphatic carboxylic acids is 1. The summed E-state index contributed by atoms with van der Waals surface area (Å²) in [4.78, 5) is 22.7. The summed E-state index contributed by atoms with van der Waals surface area (Å²) in [5, 5.41) is 12.4. The summed E-state index contributed by atoms with van der Waals surface area (Å²) in [6.07, 6.45) is 0.453. The van der Waals surface area contributed by atoms with Gasteiger partial charge in [0.05, 0.1) is 5.92 Å². The van der Waals surface area contributed by atoms with Gasteiger partial charge < -0.3 is 14.8 Å². The highest BCUT2D eigenvalue weighted by Crippen LogP contribution is 2.25. The Kier molecular flexibility index (Phi) is 4.62. The lowest BCUT2D eigenvalue weighted by molar-refractivity contribution is -0.137. The van der Waals surface area contributed by atoms with Crippen LogP contribution in [0.4, 0.5) is 0 Å². The normalized spacial score (nSPS) is 13.8. The number of hydrogen-bond donors (Lipinski definition) is 2. The summed E-state index contributed by atoms with van der Waals surface area (Å²) in [6.45, 7) is 3.57. The third-order valence-corrected chi connectivity index (χ3v) is 3.44. The average Bonchev–Trinajstić information content (AvgIpc) is 2.88. The van der Waals surface area contributed by atoms with Crippen LogP contribution in [0.3, 0.4) is 0 Å². The Morgan fingerprint density at radius 2 is 2.00 bits per heavy atom. The largest absolute Gasteiger partial charge is 0.481 e. The predicted molar refractivity (Wildman–Crippen MR) is 79.1 cm³/mol. The van der Waals surface area contributed by atoms with Crippen molar-refractivity contribution in [3.05, 3.63) is 36.1 Å². The first kappa shape index (κ1) is 15.1. The van der Waals surface area contributed by atoms with Crippen molar-refractivity contribution >= 4 is 22.8 Å². The molecule has 5 nitrogen and oxygen atoms in total. The van der Waals surface area contributed by atoms with Gasteiger partial charge in [-0.1, -0.05) is 18.2 Å². The molecule has 0 bridgehead atoms. The van der Waals surface area contributed by atoms with Crippen molar-refractivity contribution in [3.63, 3.8) is 0 Å². The number of fused-ring (bicyclic) bond motifs is 1. The van der Waals surface area contributed by atoms with E-state index in [0.717, 1.165) is 11.0 Å². The molecule has 21 heavy (non-hydrogen) atoms. The van der Waals surface area contributed by atoms with Gasteiger partial charge >= 0.3 is 5.97 Å². The number of carbonyl (C=O) groups excluding carboxylic acids is 1. The molecule has 2 rings (SSSR count). The third kappa shape index (κ3) is 3.84. The summed E-state index contributed by atoms with van der Waals surface area (Å²) in [6, 6.07) is 9.28. The Labute approximate surface area is 122 Å². The molecule has 2 atom stereocenters. The molecule has 0 saturated carbocycles. The number of hydrogen-bond acceptors (Lipinski definition) is 3. The molecule has 1 amide bonds. The Hall–Kier alpha value is -2.30. The smallest absolute Gasteiger partial charge is 0.303 e. The maximum atomic E-state index is 12.2. The number of nitrogens with one attached hydrogen (secondary N) is 1. The highest BCUT2D eigenvalue weighted by atomic mass is 16.4. The Balaban J connectivity index is 2.00. The first-order valence-electron chi connectivity index (χ1n) is 6.98. The fourth-order valence-electron chi connectivity index (χ4n) is 2.13. The number of carbonyl (C=O) groups is 2. The van der Waals surface area contributed by atoms with Crippen LogP contribution in [0.15, 0.2) is 34.7 Å². The van der Waals surface area contributed by atoms with Crippen molar-refractivity contribution in [1.29, 1.82) is 0 Å². The van der Waals surface area contributed by atoms with Crippen LogP contribution in [0, 0.1) is 0 Å². The number of carboxylic acid groups (broad SMARTS) is 1. The molecular weight excluding hydrogens is 270 g/mol. The monoisotopic (exact) mass is 289 g/mol. The fraction of sp³-hybridized carbons (Fsp3) is 0.375. The number of para-hydroxylation sites is 1. The molecule has 1 heterocycles. The molecule has 2 N–H and O–H groups in total. The number of carboxylic acids is 1. The lowest BCUT2D eigenvalue weighted by atomic mass is 10.1. The van der Waals surface area contributed by atoms with E-state index in [4.69, 9.17) is 9.52 Å². The van der Waals surface area contributed by atoms with Crippen molar-refractivity contribution < 1.29 is 19.1 Å². The first-order chi connectivity index (χ1) is 9.97. The van der Waals surface area contributed by atoms with E-state index in [1.165, 1.54) is 0 Å². The maximum Gasteiger partial charge on any atom is 0.303 e. The minimum atomic E-state index is -0.860. The van der Waals surface area contributed by atoms with E-state index in [0.29, 0.717) is 12.2 Å². The molecule has 0 aliphatic heterocycles. The second-order valence-electron chi connectivity index (χ2n) is 5.25. The van der Waals surface area contributed by atoms with Crippen LogP contribution in [0.5, 0.6) is 0 Å². The first-order valence-corrected chi connectivity index (χ1v) is 6.98. The van der Waals surface area contributed by atoms with Gasteiger partial charge in [0.25, 0.3) is 0 Å². The zero-order valence-electron chi connectivity index (χ0n) is 12.1. The molecule has 1 aromatic heterocycles. The quantitative estimate of drug-likeness (QED) is 0.857. The molecule has 0 aliphatic rings. The molecule has 5 heteroatoms. The van der Waals surface area contributed by atoms with E-state index in [1.807, 2.05) is 30.3 Å². The van der Waals surface area contributed by atoms with Gasteiger partial charge in [-0.05, 0) is 32.4 Å². The average molecular weight is 289 g/mol. The summed E-state index contributed by atoms with van der Waals surface area (Å²) in [5.74, 6) is -0.822. The summed E-state index contributed by atoms with van der Waals surface area (Å²) < 4.78 is 5.68. The number of rotatable bonds is 6. The van der Waals surface area contributed by atoms with Crippen LogP contribution in [-0.4, -0.2) is 23.0 Å². The Bertz CT molecular complexity index is 614. The van der Waals surface area contributed by atoms with Gasteiger partial charge in [-0.2, -0.15) is 0 Å². The van der Waals surface area contributed by atoms with Crippen molar-refractivity contribution in [2.45, 2.75) is 38.6 Å². The van der Waals surface area contributed by atoms with Crippen LogP contribution in [0.2, 0.25) is 0 Å². The molecular formula is C16H19NO4. The standard InChI is InChI=1S/C16H19NO4/c1-10(7-8-15(18)19)17-16(20)11(2)14-9-12-5-3-4-6-13(12)21-14/h3-6,9-11H,7-8H2,1-2H3,(H,17,20)(H,18,19). The van der Waals surface area contributed by atoms with Crippen LogP contribution in [0.25, 0.3) is 11.0 Å². The summed E-state index contributed by atoms with van der Waals surface area (Å²) in [5.41, 5.74) is 0.756. The molecule has 2 unspecified atom stereocenters. The minimum absolute atomic E-state index is 0.0421. The van der Waals surface area contributed by atoms with Crippen LogP contribution in [-0.2, 0) is 9.59 Å². The highest BCUT2D eigenvalue weighted by molar-refractivity contribution is 5.85. The van der Waals surface area contributed by atoms with Crippen molar-refractivity contribution in [1.82, 2.24) is 5.32 Å². The highest BCUT2D eigenvalue weighted by Gasteiger charge is 2.21. The number of benzene rings is 1. The van der Waals surface area contributed by atoms with E-state index in [2.05, 4.69) is 5.32 Å². The fourth-order valence-corrected chi connectivity index (χ4v) is 2.13. The van der Waals surface area contributed by atoms with E-state index in [1.54, 1.807) is 13.8 Å². The molecule has 0 radical (unpaired) electrons. The van der Waals surface area contributed by atoms with E-state index < -0.39 is 11.9 Å². The zero-order valence-corrected chi connectivity index (χ0v) is 12.1. The lowest BCUT2D eigenvalue weighted by Gasteiger charge is -2.15. The van der Waals surface area contributed by atoms with Crippen molar-refractivity contribution in [3.8, 4) is 0 Å². The molecule has 1 aromatic carbocycles. The topological polar surface area (TPSA) is 79.5 Å². The van der Waals surface area contributed by atoms with Gasteiger partial charge in [-0.25, -0.2) is 0 Å². The van der Waals surface area contributed by atoms with Crippen LogP contribution in [0.1, 0.15) is 38.4 Å². The molecule has 2 aromatic rings. The van der Waals surface area contributed by atoms with Gasteiger partial charge in [0.1, 0.15) is 11.3 Å². The molecule has 0 fully saturated rings. The lowest BCUT2D eigenvalue weighted by Crippen LogP contribution is -2.35. The van der Waals surface area contributed by atoms with Gasteiger partial charge in [0.2, 0.25) is 5.91 Å². The Morgan fingerprint density at radius 3 is 2.67 bits per heavy atom. The third-order valence-electron chi connectivity index (χ3n) is 3.44. The number of amides is 1. The summed E-state index contributed by atoms with van der Waals surface area (Å²) in [7, 11) is 0. The van der Waals surface area contributed by atoms with Gasteiger partial charge in [0.15, 0.2) is 0 Å². The maximum absolute atomic E-state index is 12.2. The van der Waals surface area contributed by atoms with Crippen molar-refractivity contribution in [2.75, 3.05) is 0 Å². The number of furan rings is 1. The molecule has 0 spiro atoms.